The molecule has 6 rings (SSSR count). The van der Waals surface area contributed by atoms with Gasteiger partial charge in [-0.1, -0.05) is 71.3 Å². The Morgan fingerprint density at radius 1 is 1.13 bits per heavy atom. The third-order valence-corrected chi connectivity index (χ3v) is 10.0. The number of halogens is 1. The Morgan fingerprint density at radius 2 is 1.98 bits per heavy atom. The molecular weight excluding hydrogens is 662 g/mol. The quantitative estimate of drug-likeness (QED) is 0.121. The molecule has 3 aliphatic rings. The van der Waals surface area contributed by atoms with E-state index in [0.717, 1.165) is 45.8 Å². The molecule has 1 aromatic heterocycles. The Bertz CT molecular complexity index is 1750. The van der Waals surface area contributed by atoms with Gasteiger partial charge in [0.25, 0.3) is 0 Å². The molecule has 9 nitrogen and oxygen atoms in total. The van der Waals surface area contributed by atoms with E-state index in [1.807, 2.05) is 60.7 Å². The summed E-state index contributed by atoms with van der Waals surface area (Å²) in [6.07, 6.45) is 9.51. The maximum absolute atomic E-state index is 14.2. The number of hydrogen-bond acceptors (Lipinski definition) is 8. The molecule has 10 heteroatoms. The molecule has 0 radical (unpaired) electrons. The van der Waals surface area contributed by atoms with Crippen molar-refractivity contribution in [3.05, 3.63) is 71.2 Å². The zero-order valence-electron chi connectivity index (χ0n) is 26.4. The number of carbonyl (C=O) groups is 3. The van der Waals surface area contributed by atoms with Gasteiger partial charge in [-0.2, -0.15) is 4.99 Å². The average Bonchev–Trinajstić information content (AvgIpc) is 3.59. The highest BCUT2D eigenvalue weighted by Crippen LogP contribution is 2.57. The van der Waals surface area contributed by atoms with Crippen LogP contribution in [0.15, 0.2) is 76.2 Å². The third-order valence-electron chi connectivity index (χ3n) is 9.54. The number of para-hydroxylation sites is 1. The molecule has 2 aliphatic heterocycles. The number of isocyanates is 1. The smallest absolute Gasteiger partial charge is 0.313 e. The fourth-order valence-electron chi connectivity index (χ4n) is 6.98. The largest absolute Gasteiger partial charge is 0.472 e. The first-order chi connectivity index (χ1) is 22.8. The number of allylic oxidation sites excluding steroid dienone is 2. The van der Waals surface area contributed by atoms with Crippen LogP contribution < -0.4 is 4.74 Å². The van der Waals surface area contributed by atoms with Gasteiger partial charge in [0.1, 0.15) is 12.1 Å². The fourth-order valence-corrected chi connectivity index (χ4v) is 7.37. The first-order valence-electron chi connectivity index (χ1n) is 16.4. The zero-order chi connectivity index (χ0) is 33.0. The number of fused-ring (bicyclic) bond motifs is 3. The van der Waals surface area contributed by atoms with Crippen LogP contribution in [-0.2, 0) is 23.9 Å². The normalized spacial score (nSPS) is 27.1. The minimum absolute atomic E-state index is 0.0405. The van der Waals surface area contributed by atoms with E-state index < -0.39 is 29.5 Å². The summed E-state index contributed by atoms with van der Waals surface area (Å²) in [4.78, 5) is 63.1. The van der Waals surface area contributed by atoms with Gasteiger partial charge in [0.15, 0.2) is 5.78 Å². The summed E-state index contributed by atoms with van der Waals surface area (Å²) in [7, 11) is 0. The summed E-state index contributed by atoms with van der Waals surface area (Å²) in [5.74, 6) is -0.696. The second kappa shape index (κ2) is 14.3. The van der Waals surface area contributed by atoms with E-state index in [4.69, 9.17) is 14.5 Å². The van der Waals surface area contributed by atoms with E-state index >= 15 is 0 Å². The second-order valence-corrected chi connectivity index (χ2v) is 13.6. The number of pyridine rings is 1. The summed E-state index contributed by atoms with van der Waals surface area (Å²) in [5, 5.41) is 0.950. The van der Waals surface area contributed by atoms with Gasteiger partial charge in [-0.3, -0.25) is 14.4 Å². The Kier molecular flexibility index (Phi) is 9.99. The maximum atomic E-state index is 14.2. The van der Waals surface area contributed by atoms with Crippen LogP contribution in [-0.4, -0.2) is 65.0 Å². The second-order valence-electron chi connectivity index (χ2n) is 12.7. The Hall–Kier alpha value is -4.14. The van der Waals surface area contributed by atoms with E-state index in [1.165, 1.54) is 4.90 Å². The van der Waals surface area contributed by atoms with Crippen LogP contribution in [0.5, 0.6) is 5.88 Å². The first kappa shape index (κ1) is 32.8. The highest BCUT2D eigenvalue weighted by atomic mass is 79.9. The molecule has 5 atom stereocenters. The number of hydrogen-bond donors (Lipinski definition) is 0. The lowest BCUT2D eigenvalue weighted by Gasteiger charge is -2.27. The van der Waals surface area contributed by atoms with Crippen molar-refractivity contribution < 1.29 is 28.7 Å². The number of ether oxygens (including phenoxy) is 2. The van der Waals surface area contributed by atoms with Crippen molar-refractivity contribution in [2.45, 2.75) is 76.5 Å². The molecule has 2 aromatic carbocycles. The molecule has 0 unspecified atom stereocenters. The van der Waals surface area contributed by atoms with Crippen LogP contribution in [0.1, 0.15) is 58.3 Å². The minimum atomic E-state index is -0.939. The number of carbonyl (C=O) groups excluding carboxylic acids is 4. The van der Waals surface area contributed by atoms with E-state index in [-0.39, 0.29) is 43.7 Å². The number of aromatic nitrogens is 1. The summed E-state index contributed by atoms with van der Waals surface area (Å²) in [6.45, 7) is 2.09. The van der Waals surface area contributed by atoms with E-state index in [0.29, 0.717) is 25.1 Å². The molecule has 1 saturated heterocycles. The van der Waals surface area contributed by atoms with Gasteiger partial charge in [0, 0.05) is 28.3 Å². The van der Waals surface area contributed by atoms with E-state index in [9.17, 15) is 19.2 Å². The summed E-state index contributed by atoms with van der Waals surface area (Å²) < 4.78 is 13.0. The molecule has 0 spiro atoms. The van der Waals surface area contributed by atoms with Gasteiger partial charge in [0.2, 0.25) is 17.9 Å². The molecule has 0 bridgehead atoms. The van der Waals surface area contributed by atoms with Crippen molar-refractivity contribution in [3.63, 3.8) is 0 Å². The van der Waals surface area contributed by atoms with Crippen LogP contribution in [0.4, 0.5) is 0 Å². The SMILES string of the molecule is CCOC(=O)[C@]12CC(=O)[C@@H]3C[C@@H](Oc4nc5ccccc5cc4-c4cccc(Br)c4)CN3C(=O)[C@@H](N=C=O)CCCCC/C=C\[C@H]1C2. The van der Waals surface area contributed by atoms with Crippen molar-refractivity contribution in [1.29, 1.82) is 0 Å². The Labute approximate surface area is 282 Å². The lowest BCUT2D eigenvalue weighted by Crippen LogP contribution is -2.46. The van der Waals surface area contributed by atoms with Crippen molar-refractivity contribution in [1.82, 2.24) is 9.88 Å². The highest BCUT2D eigenvalue weighted by Gasteiger charge is 2.61. The van der Waals surface area contributed by atoms with Crippen molar-refractivity contribution >= 4 is 50.6 Å². The molecule has 47 heavy (non-hydrogen) atoms. The summed E-state index contributed by atoms with van der Waals surface area (Å²) >= 11 is 3.56. The fraction of sp³-hybridized carbons (Fsp3) is 0.432. The van der Waals surface area contributed by atoms with Crippen LogP contribution in [0, 0.1) is 11.3 Å². The highest BCUT2D eigenvalue weighted by molar-refractivity contribution is 9.10. The average molecular weight is 701 g/mol. The Balaban J connectivity index is 1.35. The predicted molar refractivity (Wildman–Crippen MR) is 180 cm³/mol. The lowest BCUT2D eigenvalue weighted by molar-refractivity contribution is -0.152. The molecule has 3 aromatic rings. The van der Waals surface area contributed by atoms with E-state index in [1.54, 1.807) is 13.0 Å². The van der Waals surface area contributed by atoms with Gasteiger partial charge >= 0.3 is 5.97 Å². The van der Waals surface area contributed by atoms with Crippen LogP contribution >= 0.6 is 15.9 Å². The van der Waals surface area contributed by atoms with Crippen LogP contribution in [0.25, 0.3) is 22.0 Å². The van der Waals surface area contributed by atoms with Gasteiger partial charge in [0.05, 0.1) is 30.1 Å². The molecule has 1 amide bonds. The molecule has 3 heterocycles. The van der Waals surface area contributed by atoms with Crippen LogP contribution in [0.3, 0.4) is 0 Å². The summed E-state index contributed by atoms with van der Waals surface area (Å²) in [5.41, 5.74) is 1.50. The van der Waals surface area contributed by atoms with Gasteiger partial charge in [-0.05, 0) is 68.4 Å². The van der Waals surface area contributed by atoms with E-state index in [2.05, 4.69) is 27.0 Å². The number of ketones is 1. The molecule has 1 saturated carbocycles. The topological polar surface area (TPSA) is 115 Å². The predicted octanol–water partition coefficient (Wildman–Crippen LogP) is 6.77. The monoisotopic (exact) mass is 699 g/mol. The molecular formula is C37H38BrN3O6. The molecule has 2 fully saturated rings. The van der Waals surface area contributed by atoms with Crippen LogP contribution in [0.2, 0.25) is 0 Å². The number of Topliss-reactive ketones (excluding diaryl/α,β-unsaturated/α-hetero) is 1. The standard InChI is InChI=1S/C37H38BrN3O6/c1-2-46-36(45)37-20-26(37)13-6-4-3-5-7-16-31(39-23-42)35(44)41-22-28(19-32(41)33(43)21-37)47-34-29(24-12-10-14-27(38)17-24)18-25-11-8-9-15-30(25)40-34/h6,8-15,17-18,26,28,31-32H,2-5,7,16,19-22H2,1H3/b13-6-/t26-,28+,31-,32-,37+/m0/s1. The number of benzene rings is 2. The zero-order valence-corrected chi connectivity index (χ0v) is 28.0. The summed E-state index contributed by atoms with van der Waals surface area (Å²) in [6, 6.07) is 15.9. The number of nitrogens with zero attached hydrogens (tertiary/aromatic N) is 3. The van der Waals surface area contributed by atoms with Crippen molar-refractivity contribution in [3.8, 4) is 17.0 Å². The minimum Gasteiger partial charge on any atom is -0.472 e. The number of rotatable bonds is 6. The van der Waals surface area contributed by atoms with Crippen molar-refractivity contribution in [2.75, 3.05) is 13.2 Å². The lowest BCUT2D eigenvalue weighted by atomic mass is 9.91. The van der Waals surface area contributed by atoms with Gasteiger partial charge in [-0.25, -0.2) is 9.78 Å². The number of esters is 1. The van der Waals surface area contributed by atoms with Gasteiger partial charge in [-0.15, -0.1) is 0 Å². The maximum Gasteiger partial charge on any atom is 0.313 e. The first-order valence-corrected chi connectivity index (χ1v) is 17.2. The van der Waals surface area contributed by atoms with Crippen molar-refractivity contribution in [2.24, 2.45) is 16.3 Å². The Morgan fingerprint density at radius 3 is 2.79 bits per heavy atom. The third kappa shape index (κ3) is 7.09. The number of aliphatic imine (C=N–C) groups is 1. The van der Waals surface area contributed by atoms with Gasteiger partial charge < -0.3 is 14.4 Å². The molecule has 1 aliphatic carbocycles. The molecule has 0 N–H and O–H groups in total. The number of amides is 1. The molecule has 244 valence electrons.